The summed E-state index contributed by atoms with van der Waals surface area (Å²) in [7, 11) is 3.57. The number of morpholine rings is 1. The normalized spacial score (nSPS) is 14.4. The van der Waals surface area contributed by atoms with Gasteiger partial charge in [-0.1, -0.05) is 24.3 Å². The van der Waals surface area contributed by atoms with E-state index >= 15 is 0 Å². The number of aromatic nitrogens is 2. The summed E-state index contributed by atoms with van der Waals surface area (Å²) in [6.07, 6.45) is 1.76. The summed E-state index contributed by atoms with van der Waals surface area (Å²) >= 11 is 1.46. The maximum Gasteiger partial charge on any atom is 0.263 e. The van der Waals surface area contributed by atoms with E-state index in [9.17, 15) is 4.79 Å². The minimum Gasteiger partial charge on any atom is -0.378 e. The minimum absolute atomic E-state index is 0.00142. The molecule has 1 fully saturated rings. The van der Waals surface area contributed by atoms with E-state index in [0.29, 0.717) is 30.5 Å². The van der Waals surface area contributed by atoms with Gasteiger partial charge in [-0.05, 0) is 13.0 Å². The van der Waals surface area contributed by atoms with Crippen LogP contribution in [-0.2, 0) is 4.74 Å². The fraction of sp³-hybridized carbons (Fsp3) is 0.364. The van der Waals surface area contributed by atoms with Crippen molar-refractivity contribution in [1.29, 1.82) is 0 Å². The molecule has 1 aliphatic heterocycles. The van der Waals surface area contributed by atoms with Gasteiger partial charge < -0.3 is 20.0 Å². The van der Waals surface area contributed by atoms with Gasteiger partial charge in [0, 0.05) is 44.9 Å². The molecule has 0 unspecified atom stereocenters. The Hall–Kier alpha value is -3.04. The molecule has 4 rings (SSSR count). The first-order valence-corrected chi connectivity index (χ1v) is 11.1. The highest BCUT2D eigenvalue weighted by atomic mass is 32.1. The van der Waals surface area contributed by atoms with Crippen molar-refractivity contribution in [3.05, 3.63) is 40.8 Å². The number of nitrogens with one attached hydrogen (secondary N) is 1. The number of fused-ring (bicyclic) bond motifs is 1. The standard InChI is InChI=1S/C22H26N6O2S/c1-4-27(3)22(29)18-13-17-19(31-18)21(28-9-11-30-12-10-28)26-20(25-17)16-8-6-5-7-15(16)14-24-23-2/h5-8,13-14,23H,4,9-12H2,1-3H3/b24-14-. The van der Waals surface area contributed by atoms with Crippen molar-refractivity contribution in [2.75, 3.05) is 51.8 Å². The van der Waals surface area contributed by atoms with Crippen LogP contribution >= 0.6 is 11.3 Å². The number of carbonyl (C=O) groups excluding carboxylic acids is 1. The molecule has 9 heteroatoms. The first-order chi connectivity index (χ1) is 15.1. The smallest absolute Gasteiger partial charge is 0.263 e. The lowest BCUT2D eigenvalue weighted by atomic mass is 10.1. The van der Waals surface area contributed by atoms with E-state index < -0.39 is 0 Å². The Balaban J connectivity index is 1.88. The fourth-order valence-electron chi connectivity index (χ4n) is 3.41. The Labute approximate surface area is 185 Å². The van der Waals surface area contributed by atoms with E-state index in [4.69, 9.17) is 14.7 Å². The van der Waals surface area contributed by atoms with Gasteiger partial charge in [-0.2, -0.15) is 5.10 Å². The lowest BCUT2D eigenvalue weighted by Crippen LogP contribution is -2.36. The van der Waals surface area contributed by atoms with Crippen LogP contribution in [0.5, 0.6) is 0 Å². The molecule has 8 nitrogen and oxygen atoms in total. The monoisotopic (exact) mass is 438 g/mol. The lowest BCUT2D eigenvalue weighted by molar-refractivity contribution is 0.0807. The maximum absolute atomic E-state index is 12.8. The Morgan fingerprint density at radius 2 is 2.10 bits per heavy atom. The number of hydrogen-bond acceptors (Lipinski definition) is 8. The molecule has 3 heterocycles. The number of anilines is 1. The largest absolute Gasteiger partial charge is 0.378 e. The molecule has 0 aliphatic carbocycles. The molecule has 0 atom stereocenters. The number of nitrogens with zero attached hydrogens (tertiary/aromatic N) is 5. The van der Waals surface area contributed by atoms with Crippen LogP contribution in [0.2, 0.25) is 0 Å². The molecule has 162 valence electrons. The van der Waals surface area contributed by atoms with Crippen LogP contribution in [-0.4, -0.2) is 73.9 Å². The van der Waals surface area contributed by atoms with Gasteiger partial charge in [0.1, 0.15) is 0 Å². The second-order valence-electron chi connectivity index (χ2n) is 7.18. The number of amides is 1. The van der Waals surface area contributed by atoms with E-state index in [0.717, 1.165) is 40.3 Å². The Morgan fingerprint density at radius 1 is 1.32 bits per heavy atom. The number of benzene rings is 1. The third kappa shape index (κ3) is 4.38. The van der Waals surface area contributed by atoms with Gasteiger partial charge in [0.25, 0.3) is 5.91 Å². The summed E-state index contributed by atoms with van der Waals surface area (Å²) in [5, 5.41) is 4.15. The number of thiophene rings is 1. The predicted octanol–water partition coefficient (Wildman–Crippen LogP) is 2.84. The molecule has 0 radical (unpaired) electrons. The van der Waals surface area contributed by atoms with E-state index in [1.807, 2.05) is 44.3 Å². The number of hydrogen-bond donors (Lipinski definition) is 1. The lowest BCUT2D eigenvalue weighted by Gasteiger charge is -2.28. The van der Waals surface area contributed by atoms with Gasteiger partial charge in [0.2, 0.25) is 0 Å². The SMILES string of the molecule is CCN(C)C(=O)c1cc2nc(-c3ccccc3/C=N\NC)nc(N3CCOCC3)c2s1. The minimum atomic E-state index is 0.00142. The van der Waals surface area contributed by atoms with Crippen LogP contribution in [0.4, 0.5) is 5.82 Å². The Kier molecular flexibility index (Phi) is 6.43. The van der Waals surface area contributed by atoms with E-state index in [1.165, 1.54) is 11.3 Å². The van der Waals surface area contributed by atoms with Crippen molar-refractivity contribution in [1.82, 2.24) is 20.3 Å². The summed E-state index contributed by atoms with van der Waals surface area (Å²) < 4.78 is 6.46. The Bertz CT molecular complexity index is 1110. The quantitative estimate of drug-likeness (QED) is 0.471. The zero-order valence-electron chi connectivity index (χ0n) is 18.0. The molecule has 0 saturated carbocycles. The van der Waals surface area contributed by atoms with E-state index in [1.54, 1.807) is 18.2 Å². The fourth-order valence-corrected chi connectivity index (χ4v) is 4.52. The summed E-state index contributed by atoms with van der Waals surface area (Å²) in [4.78, 5) is 27.2. The molecule has 31 heavy (non-hydrogen) atoms. The van der Waals surface area contributed by atoms with Crippen LogP contribution in [0.15, 0.2) is 35.4 Å². The molecule has 2 aromatic heterocycles. The summed E-state index contributed by atoms with van der Waals surface area (Å²) in [6, 6.07) is 9.78. The van der Waals surface area contributed by atoms with Crippen LogP contribution in [0.3, 0.4) is 0 Å². The molecular weight excluding hydrogens is 412 g/mol. The molecule has 1 amide bonds. The second kappa shape index (κ2) is 9.40. The van der Waals surface area contributed by atoms with E-state index in [-0.39, 0.29) is 5.91 Å². The highest BCUT2D eigenvalue weighted by molar-refractivity contribution is 7.21. The van der Waals surface area contributed by atoms with Gasteiger partial charge >= 0.3 is 0 Å². The van der Waals surface area contributed by atoms with Crippen LogP contribution in [0, 0.1) is 0 Å². The van der Waals surface area contributed by atoms with E-state index in [2.05, 4.69) is 15.4 Å². The topological polar surface area (TPSA) is 83.0 Å². The van der Waals surface area contributed by atoms with Crippen molar-refractivity contribution < 1.29 is 9.53 Å². The number of ether oxygens (including phenoxy) is 1. The maximum atomic E-state index is 12.8. The number of carbonyl (C=O) groups is 1. The summed E-state index contributed by atoms with van der Waals surface area (Å²) in [5.41, 5.74) is 5.38. The molecular formula is C22H26N6O2S. The van der Waals surface area contributed by atoms with Gasteiger partial charge in [-0.15, -0.1) is 11.3 Å². The zero-order valence-corrected chi connectivity index (χ0v) is 18.8. The molecule has 0 bridgehead atoms. The zero-order chi connectivity index (χ0) is 21.8. The van der Waals surface area contributed by atoms with Crippen LogP contribution in [0.1, 0.15) is 22.2 Å². The molecule has 1 N–H and O–H groups in total. The van der Waals surface area contributed by atoms with Crippen LogP contribution < -0.4 is 10.3 Å². The summed E-state index contributed by atoms with van der Waals surface area (Å²) in [5.74, 6) is 1.47. The second-order valence-corrected chi connectivity index (χ2v) is 8.24. The van der Waals surface area contributed by atoms with Gasteiger partial charge in [-0.3, -0.25) is 4.79 Å². The average molecular weight is 439 g/mol. The van der Waals surface area contributed by atoms with Gasteiger partial charge in [0.15, 0.2) is 11.6 Å². The van der Waals surface area contributed by atoms with Crippen molar-refractivity contribution in [2.24, 2.45) is 5.10 Å². The molecule has 1 aromatic carbocycles. The molecule has 0 spiro atoms. The third-order valence-electron chi connectivity index (χ3n) is 5.23. The molecule has 3 aromatic rings. The molecule has 1 saturated heterocycles. The van der Waals surface area contributed by atoms with Crippen LogP contribution in [0.25, 0.3) is 21.6 Å². The van der Waals surface area contributed by atoms with Crippen molar-refractivity contribution in [3.63, 3.8) is 0 Å². The third-order valence-corrected chi connectivity index (χ3v) is 6.34. The van der Waals surface area contributed by atoms with Gasteiger partial charge in [-0.25, -0.2) is 9.97 Å². The highest BCUT2D eigenvalue weighted by Gasteiger charge is 2.23. The molecule has 1 aliphatic rings. The van der Waals surface area contributed by atoms with Gasteiger partial charge in [0.05, 0.1) is 34.5 Å². The Morgan fingerprint density at radius 3 is 2.84 bits per heavy atom. The summed E-state index contributed by atoms with van der Waals surface area (Å²) in [6.45, 7) is 5.43. The van der Waals surface area contributed by atoms with Crippen molar-refractivity contribution in [3.8, 4) is 11.4 Å². The predicted molar refractivity (Wildman–Crippen MR) is 125 cm³/mol. The highest BCUT2D eigenvalue weighted by Crippen LogP contribution is 2.35. The first-order valence-electron chi connectivity index (χ1n) is 10.3. The number of rotatable bonds is 6. The van der Waals surface area contributed by atoms with Crippen molar-refractivity contribution >= 4 is 39.5 Å². The van der Waals surface area contributed by atoms with Crippen molar-refractivity contribution in [2.45, 2.75) is 6.92 Å². The number of hydrazone groups is 1. The average Bonchev–Trinajstić information content (AvgIpc) is 3.26. The first kappa shape index (κ1) is 21.2.